The Kier molecular flexibility index (Phi) is 3.22. The van der Waals surface area contributed by atoms with Crippen LogP contribution in [0, 0.1) is 0 Å². The standard InChI is InChI=1S/C8H12N2OS/c1-4-7-8(9-5-12-7)6(2)10-11-3/h5H,4H2,1-3H3/b10-6+. The van der Waals surface area contributed by atoms with Gasteiger partial charge in [-0.25, -0.2) is 4.98 Å². The van der Waals surface area contributed by atoms with Crippen molar-refractivity contribution in [3.05, 3.63) is 16.1 Å². The molecule has 0 saturated carbocycles. The highest BCUT2D eigenvalue weighted by atomic mass is 32.1. The predicted molar refractivity (Wildman–Crippen MR) is 50.7 cm³/mol. The van der Waals surface area contributed by atoms with E-state index in [1.807, 2.05) is 12.4 Å². The molecule has 0 fully saturated rings. The molecule has 0 aromatic carbocycles. The van der Waals surface area contributed by atoms with Gasteiger partial charge in [-0.2, -0.15) is 0 Å². The summed E-state index contributed by atoms with van der Waals surface area (Å²) < 4.78 is 0. The number of hydrogen-bond donors (Lipinski definition) is 0. The fourth-order valence-electron chi connectivity index (χ4n) is 0.997. The molecular weight excluding hydrogens is 172 g/mol. The van der Waals surface area contributed by atoms with Crippen LogP contribution in [0.1, 0.15) is 24.4 Å². The van der Waals surface area contributed by atoms with Crippen molar-refractivity contribution in [2.45, 2.75) is 20.3 Å². The van der Waals surface area contributed by atoms with Crippen LogP contribution in [0.25, 0.3) is 0 Å². The lowest BCUT2D eigenvalue weighted by atomic mass is 10.2. The van der Waals surface area contributed by atoms with Gasteiger partial charge in [-0.1, -0.05) is 12.1 Å². The summed E-state index contributed by atoms with van der Waals surface area (Å²) in [4.78, 5) is 10.2. The Balaban J connectivity index is 2.93. The molecule has 4 heteroatoms. The molecule has 0 saturated heterocycles. The minimum absolute atomic E-state index is 0.843. The minimum atomic E-state index is 0.843. The van der Waals surface area contributed by atoms with Crippen LogP contribution in [-0.4, -0.2) is 17.8 Å². The fourth-order valence-corrected chi connectivity index (χ4v) is 1.76. The van der Waals surface area contributed by atoms with Crippen molar-refractivity contribution in [1.82, 2.24) is 4.98 Å². The highest BCUT2D eigenvalue weighted by Crippen LogP contribution is 2.14. The Morgan fingerprint density at radius 3 is 3.08 bits per heavy atom. The summed E-state index contributed by atoms with van der Waals surface area (Å²) in [7, 11) is 1.54. The van der Waals surface area contributed by atoms with E-state index in [9.17, 15) is 0 Å². The van der Waals surface area contributed by atoms with Crippen molar-refractivity contribution in [2.24, 2.45) is 5.16 Å². The minimum Gasteiger partial charge on any atom is -0.399 e. The van der Waals surface area contributed by atoms with Crippen molar-refractivity contribution >= 4 is 17.0 Å². The van der Waals surface area contributed by atoms with Crippen LogP contribution in [0.5, 0.6) is 0 Å². The monoisotopic (exact) mass is 184 g/mol. The molecule has 3 nitrogen and oxygen atoms in total. The first kappa shape index (κ1) is 9.19. The topological polar surface area (TPSA) is 34.5 Å². The van der Waals surface area contributed by atoms with Gasteiger partial charge in [0.1, 0.15) is 18.5 Å². The Bertz CT molecular complexity index is 280. The van der Waals surface area contributed by atoms with Gasteiger partial charge in [0.25, 0.3) is 0 Å². The van der Waals surface area contributed by atoms with Crippen LogP contribution in [0.3, 0.4) is 0 Å². The first-order valence-electron chi connectivity index (χ1n) is 3.80. The highest BCUT2D eigenvalue weighted by molar-refractivity contribution is 7.09. The second-order valence-corrected chi connectivity index (χ2v) is 3.28. The second-order valence-electron chi connectivity index (χ2n) is 2.34. The zero-order valence-corrected chi connectivity index (χ0v) is 8.31. The number of hydrogen-bond acceptors (Lipinski definition) is 4. The SMILES string of the molecule is CCc1scnc1/C(C)=N/OC. The molecule has 0 bridgehead atoms. The van der Waals surface area contributed by atoms with Crippen molar-refractivity contribution in [2.75, 3.05) is 7.11 Å². The molecular formula is C8H12N2OS. The van der Waals surface area contributed by atoms with Gasteiger partial charge in [0.15, 0.2) is 0 Å². The van der Waals surface area contributed by atoms with Crippen LogP contribution in [0.2, 0.25) is 0 Å². The lowest BCUT2D eigenvalue weighted by Gasteiger charge is -1.97. The van der Waals surface area contributed by atoms with Gasteiger partial charge in [-0.3, -0.25) is 0 Å². The third-order valence-corrected chi connectivity index (χ3v) is 2.51. The van der Waals surface area contributed by atoms with Gasteiger partial charge in [-0.05, 0) is 13.3 Å². The van der Waals surface area contributed by atoms with Crippen LogP contribution < -0.4 is 0 Å². The third-order valence-electron chi connectivity index (χ3n) is 1.53. The highest BCUT2D eigenvalue weighted by Gasteiger charge is 2.07. The van der Waals surface area contributed by atoms with E-state index >= 15 is 0 Å². The summed E-state index contributed by atoms with van der Waals surface area (Å²) in [6, 6.07) is 0. The quantitative estimate of drug-likeness (QED) is 0.532. The Labute approximate surface area is 76.1 Å². The van der Waals surface area contributed by atoms with Gasteiger partial charge in [0.2, 0.25) is 0 Å². The van der Waals surface area contributed by atoms with Crippen LogP contribution >= 0.6 is 11.3 Å². The van der Waals surface area contributed by atoms with Gasteiger partial charge in [0, 0.05) is 4.88 Å². The third kappa shape index (κ3) is 1.82. The molecule has 12 heavy (non-hydrogen) atoms. The number of rotatable bonds is 3. The van der Waals surface area contributed by atoms with E-state index < -0.39 is 0 Å². The van der Waals surface area contributed by atoms with E-state index in [0.29, 0.717) is 0 Å². The van der Waals surface area contributed by atoms with Crippen LogP contribution in [0.4, 0.5) is 0 Å². The Hall–Kier alpha value is -0.900. The average Bonchev–Trinajstić information content (AvgIpc) is 2.51. The molecule has 0 atom stereocenters. The molecule has 0 amide bonds. The summed E-state index contributed by atoms with van der Waals surface area (Å²) >= 11 is 1.66. The van der Waals surface area contributed by atoms with Gasteiger partial charge in [-0.15, -0.1) is 11.3 Å². The first-order valence-corrected chi connectivity index (χ1v) is 4.68. The second kappa shape index (κ2) is 4.21. The van der Waals surface area contributed by atoms with Crippen LogP contribution in [-0.2, 0) is 11.3 Å². The molecule has 1 rings (SSSR count). The molecule has 66 valence electrons. The van der Waals surface area contributed by atoms with E-state index in [4.69, 9.17) is 0 Å². The molecule has 1 heterocycles. The molecule has 0 spiro atoms. The van der Waals surface area contributed by atoms with E-state index in [-0.39, 0.29) is 0 Å². The summed E-state index contributed by atoms with van der Waals surface area (Å²) in [6.07, 6.45) is 0.997. The average molecular weight is 184 g/mol. The normalized spacial score (nSPS) is 11.8. The summed E-state index contributed by atoms with van der Waals surface area (Å²) in [6.45, 7) is 4.01. The van der Waals surface area contributed by atoms with Crippen molar-refractivity contribution < 1.29 is 4.84 Å². The number of aromatic nitrogens is 1. The number of oxime groups is 1. The largest absolute Gasteiger partial charge is 0.399 e. The van der Waals surface area contributed by atoms with E-state index in [1.54, 1.807) is 18.4 Å². The molecule has 1 aromatic rings. The lowest BCUT2D eigenvalue weighted by Crippen LogP contribution is -1.99. The van der Waals surface area contributed by atoms with Gasteiger partial charge < -0.3 is 4.84 Å². The first-order chi connectivity index (χ1) is 5.79. The van der Waals surface area contributed by atoms with Crippen molar-refractivity contribution in [3.8, 4) is 0 Å². The van der Waals surface area contributed by atoms with E-state index in [2.05, 4.69) is 21.9 Å². The van der Waals surface area contributed by atoms with Crippen molar-refractivity contribution in [1.29, 1.82) is 0 Å². The molecule has 0 aliphatic rings. The maximum Gasteiger partial charge on any atom is 0.106 e. The molecule has 0 unspecified atom stereocenters. The predicted octanol–water partition coefficient (Wildman–Crippen LogP) is 2.08. The number of nitrogens with zero attached hydrogens (tertiary/aromatic N) is 2. The zero-order chi connectivity index (χ0) is 8.97. The summed E-state index contributed by atoms with van der Waals surface area (Å²) in [5.41, 5.74) is 3.64. The van der Waals surface area contributed by atoms with E-state index in [0.717, 1.165) is 17.8 Å². The smallest absolute Gasteiger partial charge is 0.106 e. The maximum absolute atomic E-state index is 4.68. The molecule has 0 aliphatic carbocycles. The van der Waals surface area contributed by atoms with Gasteiger partial charge >= 0.3 is 0 Å². The maximum atomic E-state index is 4.68. The molecule has 0 radical (unpaired) electrons. The zero-order valence-electron chi connectivity index (χ0n) is 7.50. The lowest BCUT2D eigenvalue weighted by molar-refractivity contribution is 0.213. The van der Waals surface area contributed by atoms with Gasteiger partial charge in [0.05, 0.1) is 5.51 Å². The summed E-state index contributed by atoms with van der Waals surface area (Å²) in [5, 5.41) is 3.84. The Morgan fingerprint density at radius 2 is 2.50 bits per heavy atom. The molecule has 0 aliphatic heterocycles. The van der Waals surface area contributed by atoms with Crippen molar-refractivity contribution in [3.63, 3.8) is 0 Å². The number of thiazole rings is 1. The van der Waals surface area contributed by atoms with E-state index in [1.165, 1.54) is 4.88 Å². The Morgan fingerprint density at radius 1 is 1.75 bits per heavy atom. The summed E-state index contributed by atoms with van der Waals surface area (Å²) in [5.74, 6) is 0. The molecule has 1 aromatic heterocycles. The number of aryl methyl sites for hydroxylation is 1. The molecule has 0 N–H and O–H groups in total. The fraction of sp³-hybridized carbons (Fsp3) is 0.500. The van der Waals surface area contributed by atoms with Crippen LogP contribution in [0.15, 0.2) is 10.7 Å².